The second kappa shape index (κ2) is 9.71. The topological polar surface area (TPSA) is 72.9 Å². The summed E-state index contributed by atoms with van der Waals surface area (Å²) >= 11 is 5.77. The molecule has 30 heavy (non-hydrogen) atoms. The minimum absolute atomic E-state index is 0.0195. The van der Waals surface area contributed by atoms with Crippen molar-refractivity contribution in [3.8, 4) is 5.75 Å². The van der Waals surface area contributed by atoms with Crippen molar-refractivity contribution < 1.29 is 28.2 Å². The van der Waals surface area contributed by atoms with Crippen molar-refractivity contribution in [2.75, 3.05) is 24.4 Å². The zero-order valence-electron chi connectivity index (χ0n) is 16.3. The number of halogens is 2. The molecule has 2 atom stereocenters. The van der Waals surface area contributed by atoms with Gasteiger partial charge in [0.25, 0.3) is 0 Å². The molecule has 1 saturated heterocycles. The van der Waals surface area contributed by atoms with Crippen molar-refractivity contribution in [2.24, 2.45) is 5.92 Å². The zero-order chi connectivity index (χ0) is 21.7. The maximum absolute atomic E-state index is 13.1. The second-order valence-corrected chi connectivity index (χ2v) is 7.26. The van der Waals surface area contributed by atoms with Crippen molar-refractivity contribution in [3.05, 3.63) is 59.9 Å². The third-order valence-electron chi connectivity index (χ3n) is 4.87. The number of Topliss-reactive ketones (excluding diaryl/α,β-unsaturated/α-hetero) is 1. The van der Waals surface area contributed by atoms with Gasteiger partial charge >= 0.3 is 5.97 Å². The summed E-state index contributed by atoms with van der Waals surface area (Å²) in [6.07, 6.45) is -1.00. The first-order valence-electron chi connectivity index (χ1n) is 9.43. The lowest BCUT2D eigenvalue weighted by atomic mass is 10.0. The minimum atomic E-state index is -1.10. The summed E-state index contributed by atoms with van der Waals surface area (Å²) < 4.78 is 23.7. The molecule has 1 aliphatic rings. The number of alkyl halides is 1. The highest BCUT2D eigenvalue weighted by Gasteiger charge is 2.38. The lowest BCUT2D eigenvalue weighted by molar-refractivity contribution is -0.151. The van der Waals surface area contributed by atoms with Crippen LogP contribution in [0.15, 0.2) is 48.5 Å². The van der Waals surface area contributed by atoms with E-state index in [1.54, 1.807) is 24.3 Å². The molecule has 158 valence electrons. The molecule has 0 aromatic heterocycles. The quantitative estimate of drug-likeness (QED) is 0.361. The van der Waals surface area contributed by atoms with Gasteiger partial charge in [-0.05, 0) is 36.4 Å². The van der Waals surface area contributed by atoms with E-state index >= 15 is 0 Å². The molecule has 2 aromatic rings. The van der Waals surface area contributed by atoms with E-state index < -0.39 is 29.6 Å². The molecule has 0 N–H and O–H groups in total. The van der Waals surface area contributed by atoms with Gasteiger partial charge in [-0.1, -0.05) is 6.07 Å². The predicted octanol–water partition coefficient (Wildman–Crippen LogP) is 3.61. The molecule has 0 unspecified atom stereocenters. The predicted molar refractivity (Wildman–Crippen MR) is 109 cm³/mol. The molecule has 6 nitrogen and oxygen atoms in total. The van der Waals surface area contributed by atoms with Crippen LogP contribution in [0.5, 0.6) is 5.75 Å². The number of anilines is 1. The van der Waals surface area contributed by atoms with E-state index in [-0.39, 0.29) is 36.7 Å². The van der Waals surface area contributed by atoms with Gasteiger partial charge in [-0.15, -0.1) is 11.6 Å². The zero-order valence-corrected chi connectivity index (χ0v) is 17.1. The fraction of sp³-hybridized carbons (Fsp3) is 0.318. The van der Waals surface area contributed by atoms with Gasteiger partial charge < -0.3 is 14.4 Å². The molecule has 0 saturated carbocycles. The molecule has 1 heterocycles. The number of ether oxygens (including phenoxy) is 2. The van der Waals surface area contributed by atoms with Crippen LogP contribution in [0.25, 0.3) is 0 Å². The molecule has 0 radical (unpaired) electrons. The van der Waals surface area contributed by atoms with E-state index in [1.807, 2.05) is 0 Å². The number of ketones is 1. The number of hydrogen-bond donors (Lipinski definition) is 0. The van der Waals surface area contributed by atoms with Crippen LogP contribution in [-0.2, 0) is 14.3 Å². The molecular formula is C22H21ClFNO5. The maximum atomic E-state index is 13.1. The summed E-state index contributed by atoms with van der Waals surface area (Å²) in [5.41, 5.74) is 0.842. The molecule has 1 fully saturated rings. The van der Waals surface area contributed by atoms with E-state index in [0.29, 0.717) is 11.4 Å². The molecule has 1 amide bonds. The Morgan fingerprint density at radius 3 is 2.63 bits per heavy atom. The number of methoxy groups -OCH3 is 1. The summed E-state index contributed by atoms with van der Waals surface area (Å²) in [6, 6.07) is 12.0. The fourth-order valence-corrected chi connectivity index (χ4v) is 3.47. The second-order valence-electron chi connectivity index (χ2n) is 6.88. The molecule has 0 spiro atoms. The number of carbonyl (C=O) groups excluding carboxylic acids is 3. The van der Waals surface area contributed by atoms with Gasteiger partial charge in [-0.2, -0.15) is 0 Å². The summed E-state index contributed by atoms with van der Waals surface area (Å²) in [6.45, 7) is 0.142. The van der Waals surface area contributed by atoms with Crippen LogP contribution >= 0.6 is 11.6 Å². The molecule has 1 aliphatic heterocycles. The first-order chi connectivity index (χ1) is 14.4. The smallest absolute Gasteiger partial charge is 0.312 e. The number of carbonyl (C=O) groups is 3. The van der Waals surface area contributed by atoms with Gasteiger partial charge in [-0.25, -0.2) is 4.39 Å². The van der Waals surface area contributed by atoms with Crippen LogP contribution in [0, 0.1) is 11.7 Å². The molecule has 0 aliphatic carbocycles. The molecule has 2 aromatic carbocycles. The number of hydrogen-bond acceptors (Lipinski definition) is 5. The summed E-state index contributed by atoms with van der Waals surface area (Å²) in [5, 5.41) is 0. The standard InChI is InChI=1S/C22H21ClFNO5/c1-29-18-4-2-3-17(12-18)25-13-15(11-20(25)26)22(28)30-19(9-10-23)21(27)14-5-7-16(24)8-6-14/h2-8,12,15,19H,9-11,13H2,1H3/t15-,19-/m1/s1. The number of nitrogens with zero attached hydrogens (tertiary/aromatic N) is 1. The van der Waals surface area contributed by atoms with Crippen LogP contribution in [0.3, 0.4) is 0 Å². The largest absolute Gasteiger partial charge is 0.497 e. The normalized spacial score (nSPS) is 17.0. The van der Waals surface area contributed by atoms with Gasteiger partial charge in [-0.3, -0.25) is 14.4 Å². The lowest BCUT2D eigenvalue weighted by Crippen LogP contribution is -2.32. The van der Waals surface area contributed by atoms with Crippen LogP contribution < -0.4 is 9.64 Å². The monoisotopic (exact) mass is 433 g/mol. The number of benzene rings is 2. The van der Waals surface area contributed by atoms with Crippen LogP contribution in [-0.4, -0.2) is 43.3 Å². The Morgan fingerprint density at radius 2 is 1.97 bits per heavy atom. The molecule has 8 heteroatoms. The Balaban J connectivity index is 1.69. The van der Waals surface area contributed by atoms with E-state index in [0.717, 1.165) is 12.1 Å². The summed E-state index contributed by atoms with van der Waals surface area (Å²) in [7, 11) is 1.53. The highest BCUT2D eigenvalue weighted by molar-refractivity contribution is 6.18. The van der Waals surface area contributed by atoms with Crippen LogP contribution in [0.4, 0.5) is 10.1 Å². The van der Waals surface area contributed by atoms with Crippen molar-refractivity contribution in [1.82, 2.24) is 0 Å². The van der Waals surface area contributed by atoms with Gasteiger partial charge in [0, 0.05) is 42.6 Å². The Morgan fingerprint density at radius 1 is 1.23 bits per heavy atom. The van der Waals surface area contributed by atoms with E-state index in [9.17, 15) is 18.8 Å². The fourth-order valence-electron chi connectivity index (χ4n) is 3.27. The third-order valence-corrected chi connectivity index (χ3v) is 5.09. The Bertz CT molecular complexity index is 933. The van der Waals surface area contributed by atoms with Gasteiger partial charge in [0.2, 0.25) is 11.7 Å². The number of esters is 1. The number of amides is 1. The molecular weight excluding hydrogens is 413 g/mol. The first-order valence-corrected chi connectivity index (χ1v) is 9.97. The Hall–Kier alpha value is -2.93. The van der Waals surface area contributed by atoms with Crippen molar-refractivity contribution in [2.45, 2.75) is 18.9 Å². The minimum Gasteiger partial charge on any atom is -0.497 e. The summed E-state index contributed by atoms with van der Waals surface area (Å²) in [5.74, 6) is -1.80. The third kappa shape index (κ3) is 4.97. The van der Waals surface area contributed by atoms with E-state index in [1.165, 1.54) is 24.1 Å². The van der Waals surface area contributed by atoms with E-state index in [4.69, 9.17) is 21.1 Å². The summed E-state index contributed by atoms with van der Waals surface area (Å²) in [4.78, 5) is 39.3. The maximum Gasteiger partial charge on any atom is 0.312 e. The lowest BCUT2D eigenvalue weighted by Gasteiger charge is -2.19. The van der Waals surface area contributed by atoms with Gasteiger partial charge in [0.1, 0.15) is 11.6 Å². The highest BCUT2D eigenvalue weighted by atomic mass is 35.5. The van der Waals surface area contributed by atoms with Gasteiger partial charge in [0.15, 0.2) is 6.10 Å². The average Bonchev–Trinajstić information content (AvgIpc) is 3.15. The highest BCUT2D eigenvalue weighted by Crippen LogP contribution is 2.29. The van der Waals surface area contributed by atoms with Crippen molar-refractivity contribution in [3.63, 3.8) is 0 Å². The Kier molecular flexibility index (Phi) is 7.05. The van der Waals surface area contributed by atoms with Crippen molar-refractivity contribution >= 4 is 34.9 Å². The van der Waals surface area contributed by atoms with E-state index in [2.05, 4.69) is 0 Å². The molecule has 3 rings (SSSR count). The van der Waals surface area contributed by atoms with Crippen molar-refractivity contribution in [1.29, 1.82) is 0 Å². The first kappa shape index (κ1) is 21.8. The SMILES string of the molecule is COc1cccc(N2C[C@H](C(=O)O[C@H](CCCl)C(=O)c3ccc(F)cc3)CC2=O)c1. The Labute approximate surface area is 178 Å². The molecule has 0 bridgehead atoms. The van der Waals surface area contributed by atoms with Crippen LogP contribution in [0.2, 0.25) is 0 Å². The average molecular weight is 434 g/mol. The number of rotatable bonds is 8. The van der Waals surface area contributed by atoms with Gasteiger partial charge in [0.05, 0.1) is 13.0 Å². The van der Waals surface area contributed by atoms with Crippen LogP contribution in [0.1, 0.15) is 23.2 Å².